The first-order valence-corrected chi connectivity index (χ1v) is 8.96. The van der Waals surface area contributed by atoms with Crippen molar-refractivity contribution in [3.8, 4) is 11.8 Å². The van der Waals surface area contributed by atoms with E-state index in [1.54, 1.807) is 48.5 Å². The summed E-state index contributed by atoms with van der Waals surface area (Å²) in [5.41, 5.74) is 2.32. The fraction of sp³-hybridized carbons (Fsp3) is 0.0435. The predicted molar refractivity (Wildman–Crippen MR) is 109 cm³/mol. The van der Waals surface area contributed by atoms with E-state index in [1.807, 2.05) is 0 Å². The van der Waals surface area contributed by atoms with Crippen LogP contribution >= 0.6 is 11.6 Å². The minimum atomic E-state index is -1.01. The van der Waals surface area contributed by atoms with Gasteiger partial charge < -0.3 is 9.84 Å². The Morgan fingerprint density at radius 3 is 2.55 bits per heavy atom. The Bertz CT molecular complexity index is 1130. The molecule has 0 aliphatic heterocycles. The minimum absolute atomic E-state index is 0.156. The average Bonchev–Trinajstić information content (AvgIpc) is 2.71. The second kappa shape index (κ2) is 9.05. The Kier molecular flexibility index (Phi) is 6.28. The number of benzene rings is 3. The number of nitrogens with zero attached hydrogens (tertiary/aromatic N) is 1. The molecule has 1 N–H and O–H groups in total. The van der Waals surface area contributed by atoms with Crippen molar-refractivity contribution < 1.29 is 19.0 Å². The van der Waals surface area contributed by atoms with Crippen LogP contribution < -0.4 is 4.74 Å². The van der Waals surface area contributed by atoms with Crippen molar-refractivity contribution in [2.24, 2.45) is 0 Å². The number of hydrogen-bond donors (Lipinski definition) is 1. The number of nitriles is 1. The van der Waals surface area contributed by atoms with Crippen molar-refractivity contribution in [1.29, 1.82) is 5.26 Å². The topological polar surface area (TPSA) is 70.3 Å². The fourth-order valence-electron chi connectivity index (χ4n) is 2.68. The smallest absolute Gasteiger partial charge is 0.335 e. The van der Waals surface area contributed by atoms with Crippen LogP contribution in [-0.2, 0) is 6.61 Å². The van der Waals surface area contributed by atoms with Crippen molar-refractivity contribution in [3.05, 3.63) is 99.8 Å². The molecule has 29 heavy (non-hydrogen) atoms. The van der Waals surface area contributed by atoms with E-state index < -0.39 is 11.8 Å². The Hall–Kier alpha value is -3.62. The van der Waals surface area contributed by atoms with E-state index in [1.165, 1.54) is 24.3 Å². The van der Waals surface area contributed by atoms with Crippen LogP contribution in [0.2, 0.25) is 5.02 Å². The highest BCUT2D eigenvalue weighted by Gasteiger charge is 2.07. The number of ether oxygens (including phenoxy) is 1. The van der Waals surface area contributed by atoms with E-state index in [2.05, 4.69) is 6.07 Å². The average molecular weight is 408 g/mol. The SMILES string of the molecule is N#C/C(=C/c1ccc(OCc2cccc(C(=O)O)c2)c(Cl)c1)c1cccc(F)c1. The van der Waals surface area contributed by atoms with Crippen LogP contribution in [0, 0.1) is 17.1 Å². The first kappa shape index (κ1) is 20.1. The van der Waals surface area contributed by atoms with Crippen LogP contribution in [0.5, 0.6) is 5.75 Å². The van der Waals surface area contributed by atoms with Gasteiger partial charge in [-0.1, -0.05) is 41.9 Å². The highest BCUT2D eigenvalue weighted by atomic mass is 35.5. The van der Waals surface area contributed by atoms with Crippen molar-refractivity contribution in [2.75, 3.05) is 0 Å². The van der Waals surface area contributed by atoms with Crippen LogP contribution in [-0.4, -0.2) is 11.1 Å². The summed E-state index contributed by atoms with van der Waals surface area (Å²) in [5.74, 6) is -1.00. The third-order valence-corrected chi connectivity index (χ3v) is 4.39. The standard InChI is InChI=1S/C23H15ClFNO3/c24-21-11-15(9-19(13-26)17-4-2-6-20(25)12-17)7-8-22(21)29-14-16-3-1-5-18(10-16)23(27)28/h1-12H,14H2,(H,27,28)/b19-9-. The summed E-state index contributed by atoms with van der Waals surface area (Å²) in [4.78, 5) is 11.0. The molecule has 0 amide bonds. The molecule has 144 valence electrons. The van der Waals surface area contributed by atoms with E-state index >= 15 is 0 Å². The third-order valence-electron chi connectivity index (χ3n) is 4.09. The molecule has 0 unspecified atom stereocenters. The van der Waals surface area contributed by atoms with Crippen molar-refractivity contribution in [1.82, 2.24) is 0 Å². The first-order valence-electron chi connectivity index (χ1n) is 8.58. The number of hydrogen-bond acceptors (Lipinski definition) is 3. The second-order valence-corrected chi connectivity index (χ2v) is 6.57. The van der Waals surface area contributed by atoms with Gasteiger partial charge in [0.2, 0.25) is 0 Å². The number of carboxylic acids is 1. The molecule has 0 saturated carbocycles. The van der Waals surface area contributed by atoms with E-state index in [0.717, 1.165) is 0 Å². The summed E-state index contributed by atoms with van der Waals surface area (Å²) in [6, 6.07) is 19.3. The van der Waals surface area contributed by atoms with Gasteiger partial charge in [-0.15, -0.1) is 0 Å². The molecule has 3 rings (SSSR count). The van der Waals surface area contributed by atoms with Gasteiger partial charge in [0.1, 0.15) is 18.2 Å². The van der Waals surface area contributed by atoms with E-state index in [9.17, 15) is 14.4 Å². The van der Waals surface area contributed by atoms with Gasteiger partial charge in [0, 0.05) is 0 Å². The Morgan fingerprint density at radius 2 is 1.86 bits per heavy atom. The highest BCUT2D eigenvalue weighted by molar-refractivity contribution is 6.32. The molecular formula is C23H15ClFNO3. The Balaban J connectivity index is 1.77. The number of aromatic carboxylic acids is 1. The zero-order valence-corrected chi connectivity index (χ0v) is 15.9. The molecule has 0 fully saturated rings. The van der Waals surface area contributed by atoms with Crippen LogP contribution in [0.1, 0.15) is 27.0 Å². The largest absolute Gasteiger partial charge is 0.487 e. The van der Waals surface area contributed by atoms with E-state index in [4.69, 9.17) is 21.4 Å². The molecule has 6 heteroatoms. The van der Waals surface area contributed by atoms with Gasteiger partial charge in [0.15, 0.2) is 0 Å². The molecule has 0 aliphatic carbocycles. The maximum atomic E-state index is 13.4. The molecule has 0 atom stereocenters. The molecule has 3 aromatic rings. The molecule has 0 radical (unpaired) electrons. The predicted octanol–water partition coefficient (Wildman–Crippen LogP) is 5.82. The summed E-state index contributed by atoms with van der Waals surface area (Å²) in [6.07, 6.45) is 1.61. The number of carbonyl (C=O) groups is 1. The van der Waals surface area contributed by atoms with Crippen molar-refractivity contribution in [3.63, 3.8) is 0 Å². The quantitative estimate of drug-likeness (QED) is 0.413. The fourth-order valence-corrected chi connectivity index (χ4v) is 2.93. The number of allylic oxidation sites excluding steroid dienone is 1. The zero-order valence-electron chi connectivity index (χ0n) is 15.1. The summed E-state index contributed by atoms with van der Waals surface area (Å²) >= 11 is 6.28. The first-order chi connectivity index (χ1) is 14.0. The lowest BCUT2D eigenvalue weighted by Crippen LogP contribution is -2.00. The monoisotopic (exact) mass is 407 g/mol. The van der Waals surface area contributed by atoms with Gasteiger partial charge in [0.05, 0.1) is 22.2 Å². The lowest BCUT2D eigenvalue weighted by atomic mass is 10.0. The van der Waals surface area contributed by atoms with Crippen LogP contribution in [0.15, 0.2) is 66.7 Å². The molecule has 0 saturated heterocycles. The molecule has 0 aliphatic rings. The van der Waals surface area contributed by atoms with Gasteiger partial charge in [-0.2, -0.15) is 5.26 Å². The molecular weight excluding hydrogens is 393 g/mol. The molecule has 0 spiro atoms. The van der Waals surface area contributed by atoms with Gasteiger partial charge in [0.25, 0.3) is 0 Å². The summed E-state index contributed by atoms with van der Waals surface area (Å²) in [5, 5.41) is 18.8. The van der Waals surface area contributed by atoms with Gasteiger partial charge in [-0.05, 0) is 59.2 Å². The number of halogens is 2. The number of rotatable bonds is 6. The minimum Gasteiger partial charge on any atom is -0.487 e. The third kappa shape index (κ3) is 5.22. The maximum absolute atomic E-state index is 13.4. The summed E-state index contributed by atoms with van der Waals surface area (Å²) in [7, 11) is 0. The van der Waals surface area contributed by atoms with Crippen LogP contribution in [0.25, 0.3) is 11.6 Å². The maximum Gasteiger partial charge on any atom is 0.335 e. The van der Waals surface area contributed by atoms with Crippen LogP contribution in [0.4, 0.5) is 4.39 Å². The van der Waals surface area contributed by atoms with Crippen LogP contribution in [0.3, 0.4) is 0 Å². The molecule has 0 aromatic heterocycles. The van der Waals surface area contributed by atoms with Gasteiger partial charge >= 0.3 is 5.97 Å². The Morgan fingerprint density at radius 1 is 1.10 bits per heavy atom. The van der Waals surface area contributed by atoms with Crippen molar-refractivity contribution in [2.45, 2.75) is 6.61 Å². The Labute approximate surface area is 172 Å². The van der Waals surface area contributed by atoms with E-state index in [-0.39, 0.29) is 12.2 Å². The lowest BCUT2D eigenvalue weighted by molar-refractivity contribution is 0.0696. The number of carboxylic acid groups (broad SMARTS) is 1. The zero-order chi connectivity index (χ0) is 20.8. The second-order valence-electron chi connectivity index (χ2n) is 6.16. The molecule has 4 nitrogen and oxygen atoms in total. The molecule has 3 aromatic carbocycles. The van der Waals surface area contributed by atoms with E-state index in [0.29, 0.717) is 33.0 Å². The van der Waals surface area contributed by atoms with Gasteiger partial charge in [-0.25, -0.2) is 9.18 Å². The summed E-state index contributed by atoms with van der Waals surface area (Å²) in [6.45, 7) is 0.156. The molecule has 0 heterocycles. The lowest BCUT2D eigenvalue weighted by Gasteiger charge is -2.09. The van der Waals surface area contributed by atoms with Crippen molar-refractivity contribution >= 4 is 29.2 Å². The summed E-state index contributed by atoms with van der Waals surface area (Å²) < 4.78 is 19.1. The van der Waals surface area contributed by atoms with Gasteiger partial charge in [-0.3, -0.25) is 0 Å². The highest BCUT2D eigenvalue weighted by Crippen LogP contribution is 2.28. The molecule has 0 bridgehead atoms. The normalized spacial score (nSPS) is 11.0.